The predicted molar refractivity (Wildman–Crippen MR) is 72.8 cm³/mol. The normalized spacial score (nSPS) is 9.47. The molecule has 0 aromatic carbocycles. The first-order valence-electron chi connectivity index (χ1n) is 6.31. The molecule has 0 aliphatic rings. The van der Waals surface area contributed by atoms with Crippen LogP contribution in [-0.2, 0) is 4.79 Å². The highest BCUT2D eigenvalue weighted by atomic mass is 32.1. The Kier molecular flexibility index (Phi) is 22.7. The number of thiol groups is 1. The molecule has 1 nitrogen and oxygen atoms in total. The van der Waals surface area contributed by atoms with Crippen LogP contribution in [0.2, 0.25) is 0 Å². The van der Waals surface area contributed by atoms with Crippen molar-refractivity contribution in [3.8, 4) is 0 Å². The van der Waals surface area contributed by atoms with E-state index in [4.69, 9.17) is 4.79 Å². The van der Waals surface area contributed by atoms with Gasteiger partial charge in [-0.1, -0.05) is 64.7 Å². The SMILES string of the molecule is C=O.CCCCCCCCCCCCS. The van der Waals surface area contributed by atoms with Gasteiger partial charge in [-0.3, -0.25) is 0 Å². The summed E-state index contributed by atoms with van der Waals surface area (Å²) in [5.74, 6) is 1.07. The first-order valence-corrected chi connectivity index (χ1v) is 6.94. The van der Waals surface area contributed by atoms with E-state index in [0.29, 0.717) is 0 Å². The third kappa shape index (κ3) is 20.2. The van der Waals surface area contributed by atoms with E-state index >= 15 is 0 Å². The molecule has 0 spiro atoms. The van der Waals surface area contributed by atoms with E-state index in [-0.39, 0.29) is 0 Å². The second-order valence-electron chi connectivity index (χ2n) is 3.91. The van der Waals surface area contributed by atoms with Crippen molar-refractivity contribution in [3.63, 3.8) is 0 Å². The lowest BCUT2D eigenvalue weighted by Gasteiger charge is -2.00. The lowest BCUT2D eigenvalue weighted by molar-refractivity contribution is -0.0979. The van der Waals surface area contributed by atoms with Crippen LogP contribution in [-0.4, -0.2) is 12.5 Å². The van der Waals surface area contributed by atoms with E-state index in [1.807, 2.05) is 6.79 Å². The molecule has 0 atom stereocenters. The Bertz CT molecular complexity index is 86.5. The van der Waals surface area contributed by atoms with Gasteiger partial charge in [0.15, 0.2) is 0 Å². The van der Waals surface area contributed by atoms with Gasteiger partial charge in [0.1, 0.15) is 6.79 Å². The third-order valence-electron chi connectivity index (χ3n) is 2.51. The molecule has 0 aromatic rings. The van der Waals surface area contributed by atoms with Gasteiger partial charge in [-0.05, 0) is 12.2 Å². The van der Waals surface area contributed by atoms with Crippen molar-refractivity contribution >= 4 is 19.4 Å². The van der Waals surface area contributed by atoms with E-state index in [1.165, 1.54) is 64.2 Å². The van der Waals surface area contributed by atoms with Crippen molar-refractivity contribution in [1.82, 2.24) is 0 Å². The molecule has 0 saturated carbocycles. The van der Waals surface area contributed by atoms with Gasteiger partial charge in [-0.15, -0.1) is 0 Å². The summed E-state index contributed by atoms with van der Waals surface area (Å²) in [6.07, 6.45) is 14.2. The molecule has 0 N–H and O–H groups in total. The van der Waals surface area contributed by atoms with Crippen LogP contribution in [0.3, 0.4) is 0 Å². The summed E-state index contributed by atoms with van der Waals surface area (Å²) in [7, 11) is 0. The molecule has 15 heavy (non-hydrogen) atoms. The average Bonchev–Trinajstić information content (AvgIpc) is 2.30. The molecule has 0 aromatic heterocycles. The Morgan fingerprint density at radius 3 is 1.40 bits per heavy atom. The maximum atomic E-state index is 8.00. The largest absolute Gasteiger partial charge is 0.307 e. The maximum absolute atomic E-state index is 8.00. The summed E-state index contributed by atoms with van der Waals surface area (Å²) < 4.78 is 0. The topological polar surface area (TPSA) is 17.1 Å². The minimum Gasteiger partial charge on any atom is -0.307 e. The van der Waals surface area contributed by atoms with Gasteiger partial charge in [-0.2, -0.15) is 12.6 Å². The zero-order valence-electron chi connectivity index (χ0n) is 10.3. The molecule has 0 bridgehead atoms. The van der Waals surface area contributed by atoms with Crippen molar-refractivity contribution in [2.75, 3.05) is 5.75 Å². The van der Waals surface area contributed by atoms with Crippen molar-refractivity contribution < 1.29 is 4.79 Å². The number of rotatable bonds is 10. The zero-order valence-corrected chi connectivity index (χ0v) is 11.2. The van der Waals surface area contributed by atoms with E-state index in [1.54, 1.807) is 0 Å². The molecule has 0 aliphatic carbocycles. The van der Waals surface area contributed by atoms with E-state index < -0.39 is 0 Å². The van der Waals surface area contributed by atoms with Gasteiger partial charge in [0.25, 0.3) is 0 Å². The molecule has 0 fully saturated rings. The molecular formula is C13H28OS. The Morgan fingerprint density at radius 1 is 0.733 bits per heavy atom. The fourth-order valence-electron chi connectivity index (χ4n) is 1.60. The van der Waals surface area contributed by atoms with E-state index in [2.05, 4.69) is 19.6 Å². The first-order chi connectivity index (χ1) is 7.41. The van der Waals surface area contributed by atoms with Gasteiger partial charge in [0.05, 0.1) is 0 Å². The summed E-state index contributed by atoms with van der Waals surface area (Å²) >= 11 is 4.20. The maximum Gasteiger partial charge on any atom is 0.106 e. The summed E-state index contributed by atoms with van der Waals surface area (Å²) in [5.41, 5.74) is 0. The average molecular weight is 232 g/mol. The Labute approximate surface area is 101 Å². The minimum atomic E-state index is 1.07. The highest BCUT2D eigenvalue weighted by Gasteiger charge is 1.91. The zero-order chi connectivity index (χ0) is 11.8. The van der Waals surface area contributed by atoms with Gasteiger partial charge in [0.2, 0.25) is 0 Å². The molecule has 0 radical (unpaired) electrons. The second-order valence-corrected chi connectivity index (χ2v) is 4.35. The van der Waals surface area contributed by atoms with E-state index in [0.717, 1.165) is 5.75 Å². The van der Waals surface area contributed by atoms with Crippen LogP contribution in [0.25, 0.3) is 0 Å². The quantitative estimate of drug-likeness (QED) is 0.428. The molecule has 0 heterocycles. The van der Waals surface area contributed by atoms with E-state index in [9.17, 15) is 0 Å². The smallest absolute Gasteiger partial charge is 0.106 e. The Hall–Kier alpha value is 0.0200. The Balaban J connectivity index is 0. The number of carbonyl (C=O) groups is 1. The van der Waals surface area contributed by atoms with Crippen molar-refractivity contribution in [2.45, 2.75) is 71.1 Å². The summed E-state index contributed by atoms with van der Waals surface area (Å²) in [5, 5.41) is 0. The molecule has 0 amide bonds. The highest BCUT2D eigenvalue weighted by molar-refractivity contribution is 7.80. The van der Waals surface area contributed by atoms with Gasteiger partial charge in [0, 0.05) is 0 Å². The van der Waals surface area contributed by atoms with Crippen LogP contribution in [0.4, 0.5) is 0 Å². The molecule has 0 rings (SSSR count). The van der Waals surface area contributed by atoms with Crippen molar-refractivity contribution in [1.29, 1.82) is 0 Å². The number of hydrogen-bond acceptors (Lipinski definition) is 2. The molecular weight excluding hydrogens is 204 g/mol. The lowest BCUT2D eigenvalue weighted by atomic mass is 10.1. The fraction of sp³-hybridized carbons (Fsp3) is 0.923. The molecule has 92 valence electrons. The van der Waals surface area contributed by atoms with Crippen LogP contribution in [0, 0.1) is 0 Å². The predicted octanol–water partition coefficient (Wildman–Crippen LogP) is 4.65. The standard InChI is InChI=1S/C12H26S.CH2O/c1-2-3-4-5-6-7-8-9-10-11-12-13;1-2/h13H,2-12H2,1H3;1H2. The van der Waals surface area contributed by atoms with Crippen LogP contribution in [0.1, 0.15) is 71.1 Å². The highest BCUT2D eigenvalue weighted by Crippen LogP contribution is 2.10. The van der Waals surface area contributed by atoms with Gasteiger partial charge < -0.3 is 4.79 Å². The van der Waals surface area contributed by atoms with Crippen molar-refractivity contribution in [3.05, 3.63) is 0 Å². The summed E-state index contributed by atoms with van der Waals surface area (Å²) in [6.45, 7) is 4.28. The van der Waals surface area contributed by atoms with Gasteiger partial charge >= 0.3 is 0 Å². The third-order valence-corrected chi connectivity index (χ3v) is 2.83. The lowest BCUT2D eigenvalue weighted by Crippen LogP contribution is -1.81. The second kappa shape index (κ2) is 19.6. The fourth-order valence-corrected chi connectivity index (χ4v) is 1.82. The van der Waals surface area contributed by atoms with Crippen LogP contribution in [0.5, 0.6) is 0 Å². The number of carbonyl (C=O) groups excluding carboxylic acids is 1. The summed E-state index contributed by atoms with van der Waals surface area (Å²) in [4.78, 5) is 8.00. The van der Waals surface area contributed by atoms with Gasteiger partial charge in [-0.25, -0.2) is 0 Å². The molecule has 2 heteroatoms. The minimum absolute atomic E-state index is 1.07. The van der Waals surface area contributed by atoms with Crippen LogP contribution < -0.4 is 0 Å². The van der Waals surface area contributed by atoms with Crippen molar-refractivity contribution in [2.24, 2.45) is 0 Å². The summed E-state index contributed by atoms with van der Waals surface area (Å²) in [6, 6.07) is 0. The monoisotopic (exact) mass is 232 g/mol. The first kappa shape index (κ1) is 17.4. The Morgan fingerprint density at radius 2 is 1.07 bits per heavy atom. The molecule has 0 aliphatic heterocycles. The molecule has 0 unspecified atom stereocenters. The number of unbranched alkanes of at least 4 members (excludes halogenated alkanes) is 9. The molecule has 0 saturated heterocycles. The van der Waals surface area contributed by atoms with Crippen LogP contribution >= 0.6 is 12.6 Å². The van der Waals surface area contributed by atoms with Crippen LogP contribution in [0.15, 0.2) is 0 Å². The number of hydrogen-bond donors (Lipinski definition) is 1.